The molecule has 0 unspecified atom stereocenters. The number of ether oxygens (including phenoxy) is 4. The molecule has 4 atom stereocenters. The Bertz CT molecular complexity index is 1860. The van der Waals surface area contributed by atoms with E-state index < -0.39 is 46.4 Å². The summed E-state index contributed by atoms with van der Waals surface area (Å²) in [6.45, 7) is 5.76. The molecule has 2 aliphatic heterocycles. The van der Waals surface area contributed by atoms with Crippen LogP contribution in [0.3, 0.4) is 0 Å². The minimum atomic E-state index is -3.88. The van der Waals surface area contributed by atoms with E-state index in [9.17, 15) is 18.0 Å². The average Bonchev–Trinajstić information content (AvgIpc) is 3.68. The van der Waals surface area contributed by atoms with E-state index in [1.54, 1.807) is 42.7 Å². The lowest BCUT2D eigenvalue weighted by Gasteiger charge is -2.24. The summed E-state index contributed by atoms with van der Waals surface area (Å²) in [6, 6.07) is 11.4. The first-order valence-electron chi connectivity index (χ1n) is 14.3. The van der Waals surface area contributed by atoms with Gasteiger partial charge in [0.15, 0.2) is 35.1 Å². The Hall–Kier alpha value is -4.84. The lowest BCUT2D eigenvalue weighted by atomic mass is 10.1. The zero-order chi connectivity index (χ0) is 32.6. The van der Waals surface area contributed by atoms with Crippen molar-refractivity contribution in [1.29, 1.82) is 0 Å². The summed E-state index contributed by atoms with van der Waals surface area (Å²) >= 11 is 0. The third-order valence-corrected chi connectivity index (χ3v) is 8.67. The summed E-state index contributed by atoms with van der Waals surface area (Å²) in [5.74, 6) is -0.548. The quantitative estimate of drug-likeness (QED) is 0.207. The highest BCUT2D eigenvalue weighted by Gasteiger charge is 2.58. The van der Waals surface area contributed by atoms with E-state index in [0.717, 1.165) is 0 Å². The van der Waals surface area contributed by atoms with E-state index in [1.165, 1.54) is 44.0 Å². The summed E-state index contributed by atoms with van der Waals surface area (Å²) < 4.78 is 53.1. The van der Waals surface area contributed by atoms with E-state index in [4.69, 9.17) is 18.9 Å². The number of imidazole rings is 1. The van der Waals surface area contributed by atoms with Crippen molar-refractivity contribution in [2.75, 3.05) is 29.0 Å². The number of likely N-dealkylation sites (N-methyl/N-ethyl adjacent to an activating group) is 1. The van der Waals surface area contributed by atoms with Gasteiger partial charge in [0.1, 0.15) is 24.3 Å². The number of nitrogens with one attached hydrogen (secondary N) is 4. The van der Waals surface area contributed by atoms with Crippen LogP contribution in [0.1, 0.15) is 27.0 Å². The maximum atomic E-state index is 12.9. The van der Waals surface area contributed by atoms with E-state index >= 15 is 0 Å². The fraction of sp³-hybridized carbons (Fsp3) is 0.345. The van der Waals surface area contributed by atoms with Crippen molar-refractivity contribution in [2.45, 2.75) is 56.0 Å². The molecule has 4 heterocycles. The molecule has 0 saturated carbocycles. The van der Waals surface area contributed by atoms with Gasteiger partial charge in [-0.25, -0.2) is 28.2 Å². The molecular formula is C29H32N8O8S. The second-order valence-corrected chi connectivity index (χ2v) is 12.6. The molecule has 6 rings (SSSR count). The van der Waals surface area contributed by atoms with Crippen LogP contribution < -0.4 is 25.4 Å². The van der Waals surface area contributed by atoms with Gasteiger partial charge in [-0.1, -0.05) is 0 Å². The highest BCUT2D eigenvalue weighted by atomic mass is 32.2. The second kappa shape index (κ2) is 12.2. The maximum absolute atomic E-state index is 12.9. The molecule has 0 radical (unpaired) electrons. The van der Waals surface area contributed by atoms with Crippen LogP contribution in [0.4, 0.5) is 22.0 Å². The van der Waals surface area contributed by atoms with Crippen molar-refractivity contribution < 1.29 is 37.0 Å². The molecule has 2 aliphatic rings. The third kappa shape index (κ3) is 6.17. The summed E-state index contributed by atoms with van der Waals surface area (Å²) in [6.07, 6.45) is -0.275. The number of anilines is 3. The van der Waals surface area contributed by atoms with Gasteiger partial charge in [-0.15, -0.1) is 0 Å². The lowest BCUT2D eigenvalue weighted by Crippen LogP contribution is -2.42. The predicted octanol–water partition coefficient (Wildman–Crippen LogP) is 2.83. The van der Waals surface area contributed by atoms with Crippen molar-refractivity contribution >= 4 is 50.3 Å². The fourth-order valence-corrected chi connectivity index (χ4v) is 6.34. The van der Waals surface area contributed by atoms with Crippen LogP contribution >= 0.6 is 0 Å². The van der Waals surface area contributed by atoms with E-state index in [2.05, 4.69) is 35.6 Å². The molecule has 0 aliphatic carbocycles. The van der Waals surface area contributed by atoms with Gasteiger partial charge in [0.25, 0.3) is 15.9 Å². The van der Waals surface area contributed by atoms with Crippen LogP contribution in [0, 0.1) is 0 Å². The number of hydrogen-bond acceptors (Lipinski definition) is 11. The molecule has 2 fully saturated rings. The number of sulfonamides is 1. The summed E-state index contributed by atoms with van der Waals surface area (Å²) in [5.41, 5.74) is 1.30. The van der Waals surface area contributed by atoms with Gasteiger partial charge in [0.2, 0.25) is 0 Å². The topological polar surface area (TPSA) is 197 Å². The van der Waals surface area contributed by atoms with Gasteiger partial charge in [0, 0.05) is 17.9 Å². The summed E-state index contributed by atoms with van der Waals surface area (Å²) in [5, 5.41) is 8.06. The molecule has 0 spiro atoms. The number of carbonyl (C=O) groups is 2. The molecule has 16 nitrogen and oxygen atoms in total. The molecular weight excluding hydrogens is 620 g/mol. The van der Waals surface area contributed by atoms with Crippen LogP contribution in [0.25, 0.3) is 11.2 Å². The SMILES string of the molecule is CCNC(=O)[C@H]1O[C@@H](n2cnc3c(NC(=O)Nc4ccc(S(=O)(=O)Nc5ccc(OC)cc5)cc4)ncnc32)[C@@H]2OC(C)(C)O[C@@H]21. The molecule has 0 bridgehead atoms. The average molecular weight is 653 g/mol. The molecule has 3 amide bonds. The van der Waals surface area contributed by atoms with Crippen LogP contribution in [0.2, 0.25) is 0 Å². The predicted molar refractivity (Wildman–Crippen MR) is 165 cm³/mol. The number of benzene rings is 2. The van der Waals surface area contributed by atoms with Crippen molar-refractivity contribution in [1.82, 2.24) is 24.8 Å². The first kappa shape index (κ1) is 31.2. The number of amides is 3. The van der Waals surface area contributed by atoms with Crippen LogP contribution in [0.15, 0.2) is 66.1 Å². The summed E-state index contributed by atoms with van der Waals surface area (Å²) in [4.78, 5) is 38.6. The Balaban J connectivity index is 1.15. The molecule has 2 aromatic heterocycles. The maximum Gasteiger partial charge on any atom is 0.324 e. The first-order chi connectivity index (χ1) is 22.0. The van der Waals surface area contributed by atoms with Gasteiger partial charge in [-0.3, -0.25) is 19.4 Å². The number of urea groups is 1. The highest BCUT2D eigenvalue weighted by Crippen LogP contribution is 2.44. The lowest BCUT2D eigenvalue weighted by molar-refractivity contribution is -0.197. The Morgan fingerprint density at radius 3 is 2.35 bits per heavy atom. The largest absolute Gasteiger partial charge is 0.497 e. The molecule has 4 aromatic rings. The molecule has 17 heteroatoms. The van der Waals surface area contributed by atoms with Crippen molar-refractivity contribution in [2.24, 2.45) is 0 Å². The molecule has 242 valence electrons. The number of methoxy groups -OCH3 is 1. The van der Waals surface area contributed by atoms with Crippen molar-refractivity contribution in [3.63, 3.8) is 0 Å². The third-order valence-electron chi connectivity index (χ3n) is 7.27. The number of rotatable bonds is 9. The number of aromatic nitrogens is 4. The van der Waals surface area contributed by atoms with E-state index in [-0.39, 0.29) is 22.1 Å². The Labute approximate surface area is 263 Å². The van der Waals surface area contributed by atoms with Gasteiger partial charge in [0.05, 0.1) is 18.3 Å². The van der Waals surface area contributed by atoms with Crippen LogP contribution in [0.5, 0.6) is 5.75 Å². The number of nitrogens with zero attached hydrogens (tertiary/aromatic N) is 4. The summed E-state index contributed by atoms with van der Waals surface area (Å²) in [7, 11) is -2.36. The minimum Gasteiger partial charge on any atom is -0.497 e. The standard InChI is InChI=1S/C29H32N8O8S/c1-5-30-26(38)22-21-23(45-29(2,3)44-21)27(43-22)37-15-33-20-24(31-14-32-25(20)37)35-28(39)34-16-8-12-19(13-9-16)46(40,41)36-17-6-10-18(42-4)11-7-17/h6-15,21-23,27,36H,5H2,1-4H3,(H,30,38)(H2,31,32,34,35,39)/t21-,22+,23-,27-/m1/s1. The monoisotopic (exact) mass is 652 g/mol. The number of fused-ring (bicyclic) bond motifs is 2. The number of carbonyl (C=O) groups excluding carboxylic acids is 2. The first-order valence-corrected chi connectivity index (χ1v) is 15.8. The molecule has 2 aromatic carbocycles. The van der Waals surface area contributed by atoms with Gasteiger partial charge < -0.3 is 29.6 Å². The van der Waals surface area contributed by atoms with Gasteiger partial charge in [-0.2, -0.15) is 0 Å². The second-order valence-electron chi connectivity index (χ2n) is 10.9. The highest BCUT2D eigenvalue weighted by molar-refractivity contribution is 7.92. The van der Waals surface area contributed by atoms with Crippen LogP contribution in [-0.4, -0.2) is 77.6 Å². The fourth-order valence-electron chi connectivity index (χ4n) is 5.28. The zero-order valence-electron chi connectivity index (χ0n) is 25.3. The van der Waals surface area contributed by atoms with E-state index in [0.29, 0.717) is 29.3 Å². The van der Waals surface area contributed by atoms with Crippen molar-refractivity contribution in [3.05, 3.63) is 61.2 Å². The van der Waals surface area contributed by atoms with Gasteiger partial charge >= 0.3 is 6.03 Å². The van der Waals surface area contributed by atoms with Crippen molar-refractivity contribution in [3.8, 4) is 5.75 Å². The van der Waals surface area contributed by atoms with Crippen LogP contribution in [-0.2, 0) is 29.0 Å². The van der Waals surface area contributed by atoms with E-state index in [1.807, 2.05) is 6.92 Å². The minimum absolute atomic E-state index is 0.00291. The number of hydrogen-bond donors (Lipinski definition) is 4. The smallest absolute Gasteiger partial charge is 0.324 e. The Kier molecular flexibility index (Phi) is 8.24. The normalized spacial score (nSPS) is 21.8. The van der Waals surface area contributed by atoms with Gasteiger partial charge in [-0.05, 0) is 69.3 Å². The molecule has 4 N–H and O–H groups in total. The Morgan fingerprint density at radius 2 is 1.65 bits per heavy atom. The zero-order valence-corrected chi connectivity index (χ0v) is 26.1. The molecule has 46 heavy (non-hydrogen) atoms. The molecule has 2 saturated heterocycles. The Morgan fingerprint density at radius 1 is 0.957 bits per heavy atom.